The van der Waals surface area contributed by atoms with Gasteiger partial charge in [-0.3, -0.25) is 0 Å². The Hall–Kier alpha value is -1.59. The number of benzene rings is 1. The molecule has 0 fully saturated rings. The van der Waals surface area contributed by atoms with Crippen molar-refractivity contribution >= 4 is 29.2 Å². The number of nitrogens with zero attached hydrogens (tertiary/aromatic N) is 4. The minimum absolute atomic E-state index is 0.119. The number of hydrogen-bond acceptors (Lipinski definition) is 5. The summed E-state index contributed by atoms with van der Waals surface area (Å²) in [5.74, 6) is 0.515. The van der Waals surface area contributed by atoms with E-state index >= 15 is 0 Å². The fourth-order valence-corrected chi connectivity index (χ4v) is 2.17. The summed E-state index contributed by atoms with van der Waals surface area (Å²) in [5.41, 5.74) is 0.934. The van der Waals surface area contributed by atoms with E-state index in [4.69, 9.17) is 27.9 Å². The molecule has 0 N–H and O–H groups in total. The van der Waals surface area contributed by atoms with E-state index in [1.807, 2.05) is 43.0 Å². The third kappa shape index (κ3) is 4.44. The molecule has 112 valence electrons. The van der Waals surface area contributed by atoms with Crippen LogP contribution in [-0.4, -0.2) is 28.0 Å². The van der Waals surface area contributed by atoms with Gasteiger partial charge in [-0.2, -0.15) is 15.0 Å². The summed E-state index contributed by atoms with van der Waals surface area (Å²) in [6.07, 6.45) is 0. The Bertz CT molecular complexity index is 605. The molecule has 0 atom stereocenters. The molecule has 0 amide bonds. The van der Waals surface area contributed by atoms with Crippen molar-refractivity contribution in [1.29, 1.82) is 0 Å². The Morgan fingerprint density at radius 1 is 1.10 bits per heavy atom. The van der Waals surface area contributed by atoms with Crippen LogP contribution >= 0.6 is 23.2 Å². The quantitative estimate of drug-likeness (QED) is 0.811. The zero-order valence-electron chi connectivity index (χ0n) is 11.9. The lowest BCUT2D eigenvalue weighted by atomic mass is 10.2. The number of hydrogen-bond donors (Lipinski definition) is 0. The molecular formula is C14H16Cl2N4O. The molecule has 0 saturated carbocycles. The number of halogens is 2. The molecule has 0 unspecified atom stereocenters. The monoisotopic (exact) mass is 326 g/mol. The highest BCUT2D eigenvalue weighted by atomic mass is 35.5. The fraction of sp³-hybridized carbons (Fsp3) is 0.357. The van der Waals surface area contributed by atoms with Gasteiger partial charge in [0.2, 0.25) is 11.2 Å². The molecule has 0 saturated heterocycles. The summed E-state index contributed by atoms with van der Waals surface area (Å²) >= 11 is 11.9. The van der Waals surface area contributed by atoms with Gasteiger partial charge in [0.1, 0.15) is 6.61 Å². The first-order chi connectivity index (χ1) is 10.1. The van der Waals surface area contributed by atoms with Crippen molar-refractivity contribution in [2.75, 3.05) is 18.0 Å². The number of anilines is 1. The second-order valence-corrected chi connectivity index (χ2v) is 5.05. The van der Waals surface area contributed by atoms with Gasteiger partial charge >= 0.3 is 6.01 Å². The van der Waals surface area contributed by atoms with Crippen molar-refractivity contribution in [1.82, 2.24) is 15.0 Å². The van der Waals surface area contributed by atoms with E-state index in [9.17, 15) is 0 Å². The van der Waals surface area contributed by atoms with Crippen LogP contribution in [-0.2, 0) is 6.61 Å². The number of ether oxygens (including phenoxy) is 1. The lowest BCUT2D eigenvalue weighted by molar-refractivity contribution is 0.280. The summed E-state index contributed by atoms with van der Waals surface area (Å²) in [5, 5.41) is 0.779. The first-order valence-corrected chi connectivity index (χ1v) is 7.41. The van der Waals surface area contributed by atoms with Crippen LogP contribution in [0, 0.1) is 0 Å². The van der Waals surface area contributed by atoms with Gasteiger partial charge in [0.15, 0.2) is 0 Å². The van der Waals surface area contributed by atoms with Crippen LogP contribution < -0.4 is 9.64 Å². The summed E-state index contributed by atoms with van der Waals surface area (Å²) in [6, 6.07) is 7.62. The van der Waals surface area contributed by atoms with Crippen molar-refractivity contribution in [3.8, 4) is 6.01 Å². The van der Waals surface area contributed by atoms with Gasteiger partial charge in [0, 0.05) is 18.1 Å². The molecule has 7 heteroatoms. The van der Waals surface area contributed by atoms with Crippen molar-refractivity contribution in [3.63, 3.8) is 0 Å². The topological polar surface area (TPSA) is 51.1 Å². The Morgan fingerprint density at radius 2 is 1.86 bits per heavy atom. The van der Waals surface area contributed by atoms with E-state index in [-0.39, 0.29) is 11.3 Å². The highest BCUT2D eigenvalue weighted by Gasteiger charge is 2.11. The van der Waals surface area contributed by atoms with Gasteiger partial charge in [-0.25, -0.2) is 0 Å². The van der Waals surface area contributed by atoms with Gasteiger partial charge in [-0.15, -0.1) is 0 Å². The predicted molar refractivity (Wildman–Crippen MR) is 84.2 cm³/mol. The van der Waals surface area contributed by atoms with Crippen molar-refractivity contribution in [2.45, 2.75) is 20.5 Å². The zero-order chi connectivity index (χ0) is 15.2. The first kappa shape index (κ1) is 15.8. The van der Waals surface area contributed by atoms with Crippen LogP contribution in [0.1, 0.15) is 19.4 Å². The number of aromatic nitrogens is 3. The molecule has 0 bridgehead atoms. The van der Waals surface area contributed by atoms with Gasteiger partial charge in [0.25, 0.3) is 0 Å². The SMILES string of the molecule is CCN(CC)c1nc(Cl)nc(OCc2cccc(Cl)c2)n1. The van der Waals surface area contributed by atoms with Crippen LogP contribution in [0.15, 0.2) is 24.3 Å². The third-order valence-corrected chi connectivity index (χ3v) is 3.28. The Balaban J connectivity index is 2.13. The molecule has 0 aliphatic rings. The van der Waals surface area contributed by atoms with Gasteiger partial charge in [-0.1, -0.05) is 23.7 Å². The summed E-state index contributed by atoms with van der Waals surface area (Å²) in [6.45, 7) is 5.93. The minimum Gasteiger partial charge on any atom is -0.458 e. The molecular weight excluding hydrogens is 311 g/mol. The van der Waals surface area contributed by atoms with Crippen LogP contribution in [0.3, 0.4) is 0 Å². The molecule has 0 aliphatic carbocycles. The number of rotatable bonds is 6. The normalized spacial score (nSPS) is 10.5. The standard InChI is InChI=1S/C14H16Cl2N4O/c1-3-20(4-2)13-17-12(16)18-14(19-13)21-9-10-6-5-7-11(15)8-10/h5-8H,3-4,9H2,1-2H3. The van der Waals surface area contributed by atoms with Gasteiger partial charge in [-0.05, 0) is 43.1 Å². The van der Waals surface area contributed by atoms with Gasteiger partial charge < -0.3 is 9.64 Å². The van der Waals surface area contributed by atoms with Crippen LogP contribution in [0.25, 0.3) is 0 Å². The molecule has 1 aromatic heterocycles. The van der Waals surface area contributed by atoms with Crippen molar-refractivity contribution < 1.29 is 4.74 Å². The van der Waals surface area contributed by atoms with E-state index in [2.05, 4.69) is 15.0 Å². The van der Waals surface area contributed by atoms with E-state index in [1.165, 1.54) is 0 Å². The third-order valence-electron chi connectivity index (χ3n) is 2.88. The molecule has 1 heterocycles. The van der Waals surface area contributed by atoms with Crippen molar-refractivity contribution in [2.24, 2.45) is 0 Å². The Labute approximate surface area is 133 Å². The molecule has 1 aromatic carbocycles. The summed E-state index contributed by atoms with van der Waals surface area (Å²) < 4.78 is 5.58. The maximum atomic E-state index is 5.93. The second kappa shape index (κ2) is 7.43. The van der Waals surface area contributed by atoms with E-state index < -0.39 is 0 Å². The van der Waals surface area contributed by atoms with E-state index in [0.717, 1.165) is 18.7 Å². The molecule has 21 heavy (non-hydrogen) atoms. The van der Waals surface area contributed by atoms with Crippen LogP contribution in [0.4, 0.5) is 5.95 Å². The highest BCUT2D eigenvalue weighted by molar-refractivity contribution is 6.30. The lowest BCUT2D eigenvalue weighted by Crippen LogP contribution is -2.24. The Morgan fingerprint density at radius 3 is 2.52 bits per heavy atom. The van der Waals surface area contributed by atoms with E-state index in [1.54, 1.807) is 0 Å². The summed E-state index contributed by atoms with van der Waals surface area (Å²) in [7, 11) is 0. The molecule has 0 aliphatic heterocycles. The average Bonchev–Trinajstić information content (AvgIpc) is 2.46. The molecule has 2 aromatic rings. The zero-order valence-corrected chi connectivity index (χ0v) is 13.4. The smallest absolute Gasteiger partial charge is 0.322 e. The van der Waals surface area contributed by atoms with E-state index in [0.29, 0.717) is 17.6 Å². The molecule has 0 spiro atoms. The molecule has 2 rings (SSSR count). The Kier molecular flexibility index (Phi) is 5.59. The first-order valence-electron chi connectivity index (χ1n) is 6.66. The van der Waals surface area contributed by atoms with Crippen LogP contribution in [0.2, 0.25) is 10.3 Å². The minimum atomic E-state index is 0.119. The van der Waals surface area contributed by atoms with Crippen LogP contribution in [0.5, 0.6) is 6.01 Å². The lowest BCUT2D eigenvalue weighted by Gasteiger charge is -2.18. The molecule has 0 radical (unpaired) electrons. The maximum absolute atomic E-state index is 5.93. The summed E-state index contributed by atoms with van der Waals surface area (Å²) in [4.78, 5) is 14.3. The van der Waals surface area contributed by atoms with Crippen molar-refractivity contribution in [3.05, 3.63) is 40.1 Å². The van der Waals surface area contributed by atoms with Gasteiger partial charge in [0.05, 0.1) is 0 Å². The highest BCUT2D eigenvalue weighted by Crippen LogP contribution is 2.17. The molecule has 5 nitrogen and oxygen atoms in total. The fourth-order valence-electron chi connectivity index (χ4n) is 1.81. The average molecular weight is 327 g/mol. The predicted octanol–water partition coefficient (Wildman–Crippen LogP) is 3.60. The largest absolute Gasteiger partial charge is 0.458 e. The second-order valence-electron chi connectivity index (χ2n) is 4.28. The maximum Gasteiger partial charge on any atom is 0.322 e.